The fraction of sp³-hybridized carbons (Fsp3) is 0.571. The number of hydrogen-bond acceptors (Lipinski definition) is 3. The first-order valence-electron chi connectivity index (χ1n) is 6.44. The van der Waals surface area contributed by atoms with Crippen LogP contribution in [0, 0.1) is 0 Å². The van der Waals surface area contributed by atoms with Gasteiger partial charge in [-0.25, -0.2) is 0 Å². The number of likely N-dealkylation sites (N-methyl/N-ethyl adjacent to an activating group) is 1. The maximum atomic E-state index is 6.01. The van der Waals surface area contributed by atoms with Crippen molar-refractivity contribution in [1.82, 2.24) is 9.80 Å². The van der Waals surface area contributed by atoms with Crippen molar-refractivity contribution >= 4 is 0 Å². The van der Waals surface area contributed by atoms with Gasteiger partial charge in [0.2, 0.25) is 0 Å². The topological polar surface area (TPSA) is 32.5 Å². The van der Waals surface area contributed by atoms with E-state index in [0.717, 1.165) is 32.7 Å². The van der Waals surface area contributed by atoms with Gasteiger partial charge in [0.15, 0.2) is 0 Å². The molecule has 17 heavy (non-hydrogen) atoms. The SMILES string of the molecule is CN1CC(CN)(N2CCc3ccccc3C2)C1. The molecule has 1 fully saturated rings. The number of nitrogens with zero attached hydrogens (tertiary/aromatic N) is 2. The summed E-state index contributed by atoms with van der Waals surface area (Å²) in [6, 6.07) is 8.80. The Hall–Kier alpha value is -0.900. The van der Waals surface area contributed by atoms with E-state index in [2.05, 4.69) is 41.1 Å². The van der Waals surface area contributed by atoms with E-state index in [4.69, 9.17) is 5.73 Å². The van der Waals surface area contributed by atoms with Gasteiger partial charge in [-0.15, -0.1) is 0 Å². The highest BCUT2D eigenvalue weighted by atomic mass is 15.3. The molecule has 1 saturated heterocycles. The van der Waals surface area contributed by atoms with Crippen molar-refractivity contribution in [2.45, 2.75) is 18.5 Å². The highest BCUT2D eigenvalue weighted by Gasteiger charge is 2.45. The van der Waals surface area contributed by atoms with Gasteiger partial charge in [-0.1, -0.05) is 24.3 Å². The fourth-order valence-electron chi connectivity index (χ4n) is 3.32. The Morgan fingerprint density at radius 1 is 1.24 bits per heavy atom. The summed E-state index contributed by atoms with van der Waals surface area (Å²) in [5, 5.41) is 0. The van der Waals surface area contributed by atoms with Gasteiger partial charge < -0.3 is 10.6 Å². The summed E-state index contributed by atoms with van der Waals surface area (Å²) in [5.41, 5.74) is 9.26. The summed E-state index contributed by atoms with van der Waals surface area (Å²) >= 11 is 0. The van der Waals surface area contributed by atoms with E-state index in [1.807, 2.05) is 0 Å². The molecule has 0 aliphatic carbocycles. The molecule has 1 aromatic rings. The molecule has 0 saturated carbocycles. The highest BCUT2D eigenvalue weighted by molar-refractivity contribution is 5.30. The van der Waals surface area contributed by atoms with Crippen molar-refractivity contribution in [3.05, 3.63) is 35.4 Å². The predicted molar refractivity (Wildman–Crippen MR) is 69.8 cm³/mol. The second-order valence-electron chi connectivity index (χ2n) is 5.54. The summed E-state index contributed by atoms with van der Waals surface area (Å²) in [7, 11) is 2.17. The number of benzene rings is 1. The Kier molecular flexibility index (Phi) is 2.69. The first-order chi connectivity index (χ1) is 8.23. The third-order valence-corrected chi connectivity index (χ3v) is 4.31. The zero-order valence-electron chi connectivity index (χ0n) is 10.5. The summed E-state index contributed by atoms with van der Waals surface area (Å²) in [6.45, 7) is 5.24. The second-order valence-corrected chi connectivity index (χ2v) is 5.54. The standard InChI is InChI=1S/C14H21N3/c1-16-10-14(9-15,11-16)17-7-6-12-4-2-3-5-13(12)8-17/h2-5H,6-11,15H2,1H3. The minimum absolute atomic E-state index is 0.238. The van der Waals surface area contributed by atoms with E-state index in [9.17, 15) is 0 Å². The van der Waals surface area contributed by atoms with Crippen LogP contribution in [0.1, 0.15) is 11.1 Å². The molecule has 2 aliphatic heterocycles. The van der Waals surface area contributed by atoms with Gasteiger partial charge in [0.25, 0.3) is 0 Å². The molecule has 0 amide bonds. The molecule has 3 nitrogen and oxygen atoms in total. The van der Waals surface area contributed by atoms with E-state index >= 15 is 0 Å². The molecular weight excluding hydrogens is 210 g/mol. The molecular formula is C14H21N3. The van der Waals surface area contributed by atoms with Crippen molar-refractivity contribution in [1.29, 1.82) is 0 Å². The summed E-state index contributed by atoms with van der Waals surface area (Å²) in [5.74, 6) is 0. The molecule has 92 valence electrons. The van der Waals surface area contributed by atoms with E-state index < -0.39 is 0 Å². The smallest absolute Gasteiger partial charge is 0.0589 e. The molecule has 3 heteroatoms. The second kappa shape index (κ2) is 4.09. The molecule has 0 atom stereocenters. The van der Waals surface area contributed by atoms with E-state index in [-0.39, 0.29) is 5.54 Å². The molecule has 0 spiro atoms. The van der Waals surface area contributed by atoms with Gasteiger partial charge in [-0.3, -0.25) is 4.90 Å². The third kappa shape index (κ3) is 1.79. The van der Waals surface area contributed by atoms with Crippen LogP contribution in [0.3, 0.4) is 0 Å². The first-order valence-corrected chi connectivity index (χ1v) is 6.44. The van der Waals surface area contributed by atoms with Crippen LogP contribution < -0.4 is 5.73 Å². The third-order valence-electron chi connectivity index (χ3n) is 4.31. The normalized spacial score (nSPS) is 24.1. The molecule has 2 aliphatic rings. The van der Waals surface area contributed by atoms with E-state index in [0.29, 0.717) is 0 Å². The Bertz CT molecular complexity index is 410. The Morgan fingerprint density at radius 2 is 1.94 bits per heavy atom. The van der Waals surface area contributed by atoms with Crippen LogP contribution in [0.2, 0.25) is 0 Å². The molecule has 2 heterocycles. The van der Waals surface area contributed by atoms with Crippen LogP contribution in [0.25, 0.3) is 0 Å². The predicted octanol–water partition coefficient (Wildman–Crippen LogP) is 0.688. The molecule has 0 unspecified atom stereocenters. The van der Waals surface area contributed by atoms with Gasteiger partial charge in [-0.05, 0) is 24.6 Å². The average molecular weight is 231 g/mol. The van der Waals surface area contributed by atoms with Crippen LogP contribution in [-0.4, -0.2) is 48.6 Å². The first kappa shape index (κ1) is 11.2. The number of fused-ring (bicyclic) bond motifs is 1. The van der Waals surface area contributed by atoms with Crippen molar-refractivity contribution in [3.63, 3.8) is 0 Å². The van der Waals surface area contributed by atoms with Gasteiger partial charge in [-0.2, -0.15) is 0 Å². The quantitative estimate of drug-likeness (QED) is 0.813. The fourth-order valence-corrected chi connectivity index (χ4v) is 3.32. The van der Waals surface area contributed by atoms with E-state index in [1.54, 1.807) is 0 Å². The van der Waals surface area contributed by atoms with Gasteiger partial charge in [0, 0.05) is 32.7 Å². The number of rotatable bonds is 2. The Balaban J connectivity index is 1.80. The highest BCUT2D eigenvalue weighted by Crippen LogP contribution is 2.30. The minimum Gasteiger partial charge on any atom is -0.329 e. The lowest BCUT2D eigenvalue weighted by molar-refractivity contribution is -0.0434. The van der Waals surface area contributed by atoms with Crippen LogP contribution in [-0.2, 0) is 13.0 Å². The molecule has 3 rings (SSSR count). The molecule has 0 aromatic heterocycles. The zero-order chi connectivity index (χ0) is 11.9. The summed E-state index contributed by atoms with van der Waals surface area (Å²) in [4.78, 5) is 4.95. The lowest BCUT2D eigenvalue weighted by Crippen LogP contribution is -2.72. The van der Waals surface area contributed by atoms with Gasteiger partial charge in [0.05, 0.1) is 5.54 Å². The number of nitrogens with two attached hydrogens (primary N) is 1. The molecule has 0 bridgehead atoms. The van der Waals surface area contributed by atoms with Crippen molar-refractivity contribution in [3.8, 4) is 0 Å². The summed E-state index contributed by atoms with van der Waals surface area (Å²) in [6.07, 6.45) is 1.17. The van der Waals surface area contributed by atoms with Crippen LogP contribution in [0.5, 0.6) is 0 Å². The van der Waals surface area contributed by atoms with Crippen LogP contribution >= 0.6 is 0 Å². The van der Waals surface area contributed by atoms with E-state index in [1.165, 1.54) is 17.5 Å². The van der Waals surface area contributed by atoms with Crippen LogP contribution in [0.4, 0.5) is 0 Å². The largest absolute Gasteiger partial charge is 0.329 e. The molecule has 0 radical (unpaired) electrons. The minimum atomic E-state index is 0.238. The lowest BCUT2D eigenvalue weighted by Gasteiger charge is -2.55. The molecule has 2 N–H and O–H groups in total. The maximum Gasteiger partial charge on any atom is 0.0589 e. The Morgan fingerprint density at radius 3 is 2.59 bits per heavy atom. The maximum absolute atomic E-state index is 6.01. The lowest BCUT2D eigenvalue weighted by atomic mass is 9.85. The zero-order valence-corrected chi connectivity index (χ0v) is 10.5. The monoisotopic (exact) mass is 231 g/mol. The Labute approximate surface area is 103 Å². The molecule has 1 aromatic carbocycles. The van der Waals surface area contributed by atoms with Crippen molar-refractivity contribution in [2.75, 3.05) is 33.2 Å². The average Bonchev–Trinajstić information content (AvgIpc) is 2.34. The number of likely N-dealkylation sites (tertiary alicyclic amines) is 1. The summed E-state index contributed by atoms with van der Waals surface area (Å²) < 4.78 is 0. The number of hydrogen-bond donors (Lipinski definition) is 1. The van der Waals surface area contributed by atoms with Crippen molar-refractivity contribution < 1.29 is 0 Å². The van der Waals surface area contributed by atoms with Gasteiger partial charge >= 0.3 is 0 Å². The van der Waals surface area contributed by atoms with Crippen molar-refractivity contribution in [2.24, 2.45) is 5.73 Å². The van der Waals surface area contributed by atoms with Gasteiger partial charge in [0.1, 0.15) is 0 Å². The van der Waals surface area contributed by atoms with Crippen LogP contribution in [0.15, 0.2) is 24.3 Å².